The molecule has 3 aromatic carbocycles. The first-order valence-electron chi connectivity index (χ1n) is 13.5. The summed E-state index contributed by atoms with van der Waals surface area (Å²) in [5, 5.41) is 10.2. The van der Waals surface area contributed by atoms with Gasteiger partial charge in [-0.2, -0.15) is 0 Å². The first-order chi connectivity index (χ1) is 18.1. The molecule has 0 aromatic heterocycles. The molecule has 38 heavy (non-hydrogen) atoms. The van der Waals surface area contributed by atoms with E-state index in [1.165, 1.54) is 27.8 Å². The van der Waals surface area contributed by atoms with Crippen LogP contribution in [0.15, 0.2) is 66.7 Å². The van der Waals surface area contributed by atoms with E-state index in [0.29, 0.717) is 18.8 Å². The molecule has 0 amide bonds. The Morgan fingerprint density at radius 1 is 0.974 bits per heavy atom. The Bertz CT molecular complexity index is 1240. The number of alkyl halides is 1. The van der Waals surface area contributed by atoms with E-state index in [1.54, 1.807) is 6.07 Å². The summed E-state index contributed by atoms with van der Waals surface area (Å²) in [6.45, 7) is 4.98. The summed E-state index contributed by atoms with van der Waals surface area (Å²) in [5.74, 6) is 2.05. The highest BCUT2D eigenvalue weighted by molar-refractivity contribution is 6.00. The zero-order valence-electron chi connectivity index (χ0n) is 21.6. The Labute approximate surface area is 226 Å². The second-order valence-electron chi connectivity index (χ2n) is 9.91. The highest BCUT2D eigenvalue weighted by Gasteiger charge is 2.24. The lowest BCUT2D eigenvalue weighted by Crippen LogP contribution is -2.26. The number of rotatable bonds is 9. The van der Waals surface area contributed by atoms with Crippen molar-refractivity contribution in [1.82, 2.24) is 4.90 Å². The number of hydrogen-bond donors (Lipinski definition) is 1. The number of phenolic OH excluding ortho intramolecular Hbond substituents is 1. The van der Waals surface area contributed by atoms with Gasteiger partial charge in [0, 0.05) is 19.6 Å². The zero-order chi connectivity index (χ0) is 25.6. The maximum atomic E-state index is 12.5. The van der Waals surface area contributed by atoms with Gasteiger partial charge in [0.25, 0.3) is 0 Å². The predicted molar refractivity (Wildman–Crippen MR) is 154 cm³/mol. The third-order valence-corrected chi connectivity index (χ3v) is 7.31. The molecule has 1 heterocycles. The number of benzene rings is 3. The van der Waals surface area contributed by atoms with Crippen LogP contribution in [0.2, 0.25) is 0 Å². The van der Waals surface area contributed by atoms with Crippen LogP contribution >= 0.6 is 0 Å². The van der Waals surface area contributed by atoms with Gasteiger partial charge in [0.05, 0.1) is 13.3 Å². The van der Waals surface area contributed by atoms with Crippen LogP contribution in [-0.2, 0) is 6.42 Å². The van der Waals surface area contributed by atoms with Gasteiger partial charge >= 0.3 is 0 Å². The monoisotopic (exact) mass is 517 g/mol. The van der Waals surface area contributed by atoms with Crippen molar-refractivity contribution in [1.29, 1.82) is 0 Å². The highest BCUT2D eigenvalue weighted by atomic mass is 19.1. The summed E-state index contributed by atoms with van der Waals surface area (Å²) < 4.78 is 24.6. The smallest absolute Gasteiger partial charge is 0.119 e. The Kier molecular flexibility index (Phi) is 9.46. The van der Waals surface area contributed by atoms with Gasteiger partial charge in [-0.25, -0.2) is 0 Å². The summed E-state index contributed by atoms with van der Waals surface area (Å²) >= 11 is 0. The van der Waals surface area contributed by atoms with Crippen LogP contribution in [0.3, 0.4) is 0 Å². The average Bonchev–Trinajstić information content (AvgIpc) is 3.27. The molecule has 202 valence electrons. The number of aromatic hydroxyl groups is 1. The van der Waals surface area contributed by atoms with Crippen LogP contribution in [0.25, 0.3) is 11.1 Å². The topological polar surface area (TPSA) is 41.9 Å². The van der Waals surface area contributed by atoms with E-state index in [2.05, 4.69) is 47.4 Å². The number of likely N-dealkylation sites (tertiary alicyclic amines) is 1. The maximum absolute atomic E-state index is 12.5. The number of halogens is 1. The lowest BCUT2D eigenvalue weighted by molar-refractivity contribution is 0.198. The van der Waals surface area contributed by atoms with Crippen molar-refractivity contribution in [3.63, 3.8) is 0 Å². The molecule has 4 nitrogen and oxygen atoms in total. The van der Waals surface area contributed by atoms with Gasteiger partial charge in [0.2, 0.25) is 0 Å². The van der Waals surface area contributed by atoms with E-state index in [9.17, 15) is 9.50 Å². The Hall–Kier alpha value is -3.31. The number of phenols is 1. The summed E-state index contributed by atoms with van der Waals surface area (Å²) in [4.78, 5) is 2.28. The van der Waals surface area contributed by atoms with Crippen LogP contribution in [0.4, 0.5) is 4.39 Å². The fraction of sp³-hybridized carbons (Fsp3) is 0.394. The fourth-order valence-corrected chi connectivity index (χ4v) is 5.61. The van der Waals surface area contributed by atoms with E-state index in [-0.39, 0.29) is 20.2 Å². The Morgan fingerprint density at radius 3 is 2.61 bits per heavy atom. The van der Waals surface area contributed by atoms with Gasteiger partial charge in [0.1, 0.15) is 23.4 Å². The lowest BCUT2D eigenvalue weighted by atomic mass is 9.87. The molecule has 1 fully saturated rings. The minimum absolute atomic E-state index is 0. The number of hydrogen-bond acceptors (Lipinski definition) is 4. The molecule has 0 bridgehead atoms. The lowest BCUT2D eigenvalue weighted by Gasteiger charge is -2.19. The van der Waals surface area contributed by atoms with Crippen molar-refractivity contribution < 1.29 is 19.0 Å². The maximum Gasteiger partial charge on any atom is 0.119 e. The van der Waals surface area contributed by atoms with Gasteiger partial charge < -0.3 is 14.6 Å². The van der Waals surface area contributed by atoms with Crippen LogP contribution in [0.5, 0.6) is 17.2 Å². The van der Waals surface area contributed by atoms with Gasteiger partial charge in [-0.3, -0.25) is 9.29 Å². The average molecular weight is 518 g/mol. The van der Waals surface area contributed by atoms with Gasteiger partial charge in [-0.05, 0) is 109 Å². The first-order valence-corrected chi connectivity index (χ1v) is 13.5. The SMILES string of the molecule is C.CCOc1cccc(C2=C(c3ccc(O[C@H]4CCN(CCCF)C4)cc3)c3ccc(O)cc3CCC2)c1. The van der Waals surface area contributed by atoms with Crippen molar-refractivity contribution in [2.75, 3.05) is 32.9 Å². The molecule has 3 aromatic rings. The molecule has 1 saturated heterocycles. The second-order valence-corrected chi connectivity index (χ2v) is 9.91. The molecule has 5 rings (SSSR count). The number of fused-ring (bicyclic) bond motifs is 1. The molecule has 5 heteroatoms. The summed E-state index contributed by atoms with van der Waals surface area (Å²) in [6.07, 6.45) is 4.57. The molecule has 0 unspecified atom stereocenters. The molecule has 1 N–H and O–H groups in total. The summed E-state index contributed by atoms with van der Waals surface area (Å²) in [6, 6.07) is 22.5. The minimum Gasteiger partial charge on any atom is -0.508 e. The van der Waals surface area contributed by atoms with Crippen molar-refractivity contribution in [2.45, 2.75) is 52.6 Å². The van der Waals surface area contributed by atoms with E-state index in [1.807, 2.05) is 25.1 Å². The van der Waals surface area contributed by atoms with Crippen molar-refractivity contribution in [3.05, 3.63) is 89.0 Å². The Morgan fingerprint density at radius 2 is 1.82 bits per heavy atom. The van der Waals surface area contributed by atoms with Crippen LogP contribution < -0.4 is 9.47 Å². The van der Waals surface area contributed by atoms with E-state index in [0.717, 1.165) is 62.4 Å². The van der Waals surface area contributed by atoms with Crippen LogP contribution in [-0.4, -0.2) is 49.0 Å². The zero-order valence-corrected chi connectivity index (χ0v) is 21.6. The third-order valence-electron chi connectivity index (χ3n) is 7.31. The van der Waals surface area contributed by atoms with Gasteiger partial charge in [-0.1, -0.05) is 37.8 Å². The molecular formula is C33H40FNO3. The Balaban J connectivity index is 0.00000336. The van der Waals surface area contributed by atoms with E-state index in [4.69, 9.17) is 9.47 Å². The fourth-order valence-electron chi connectivity index (χ4n) is 5.61. The minimum atomic E-state index is -0.264. The predicted octanol–water partition coefficient (Wildman–Crippen LogP) is 7.54. The molecule has 0 spiro atoms. The quantitative estimate of drug-likeness (QED) is 0.318. The van der Waals surface area contributed by atoms with Crippen LogP contribution in [0.1, 0.15) is 62.3 Å². The largest absolute Gasteiger partial charge is 0.508 e. The number of aryl methyl sites for hydroxylation is 1. The van der Waals surface area contributed by atoms with Crippen LogP contribution in [0, 0.1) is 0 Å². The van der Waals surface area contributed by atoms with Crippen molar-refractivity contribution in [2.24, 2.45) is 0 Å². The molecule has 0 saturated carbocycles. The standard InChI is InChI=1S/C32H36FNO3.CH4/c1-2-36-28-8-3-6-25(21-28)30-9-4-7-24-20-26(35)12-15-31(24)32(30)23-10-13-27(14-11-23)37-29-16-19-34(22-29)18-5-17-33;/h3,6,8,10-15,20-21,29,35H,2,4-5,7,9,16-19,22H2,1H3;1H4/t29-;/m0./s1. The van der Waals surface area contributed by atoms with Crippen molar-refractivity contribution >= 4 is 11.1 Å². The van der Waals surface area contributed by atoms with E-state index < -0.39 is 0 Å². The summed E-state index contributed by atoms with van der Waals surface area (Å²) in [5.41, 5.74) is 7.13. The molecule has 0 radical (unpaired) electrons. The number of nitrogens with zero attached hydrogens (tertiary/aromatic N) is 1. The second kappa shape index (κ2) is 13.0. The molecular weight excluding hydrogens is 477 g/mol. The number of ether oxygens (including phenoxy) is 2. The number of allylic oxidation sites excluding steroid dienone is 1. The van der Waals surface area contributed by atoms with Crippen molar-refractivity contribution in [3.8, 4) is 17.2 Å². The third kappa shape index (κ3) is 6.39. The molecule has 1 aliphatic heterocycles. The van der Waals surface area contributed by atoms with Gasteiger partial charge in [-0.15, -0.1) is 0 Å². The van der Waals surface area contributed by atoms with Gasteiger partial charge in [0.15, 0.2) is 0 Å². The highest BCUT2D eigenvalue weighted by Crippen LogP contribution is 2.41. The summed E-state index contributed by atoms with van der Waals surface area (Å²) in [7, 11) is 0. The normalized spacial score (nSPS) is 17.5. The first kappa shape index (κ1) is 27.7. The molecule has 1 aliphatic carbocycles. The molecule has 1 atom stereocenters. The molecule has 2 aliphatic rings. The van der Waals surface area contributed by atoms with E-state index >= 15 is 0 Å².